The van der Waals surface area contributed by atoms with E-state index in [1.54, 1.807) is 20.8 Å². The average molecular weight is 402 g/mol. The van der Waals surface area contributed by atoms with E-state index >= 15 is 0 Å². The molecule has 0 saturated heterocycles. The summed E-state index contributed by atoms with van der Waals surface area (Å²) in [5.41, 5.74) is -2.46. The summed E-state index contributed by atoms with van der Waals surface area (Å²) in [7, 11) is 0. The van der Waals surface area contributed by atoms with Gasteiger partial charge in [-0.15, -0.1) is 0 Å². The molecule has 0 aromatic heterocycles. The molecule has 11 heteroatoms. The molecule has 29 heavy (non-hydrogen) atoms. The van der Waals surface area contributed by atoms with Crippen molar-refractivity contribution in [3.8, 4) is 0 Å². The number of ether oxygens (including phenoxy) is 1. The summed E-state index contributed by atoms with van der Waals surface area (Å²) in [4.78, 5) is 47.0. The highest BCUT2D eigenvalue weighted by Gasteiger charge is 2.34. The third-order valence-corrected chi connectivity index (χ3v) is 3.44. The topological polar surface area (TPSA) is 145 Å². The zero-order valence-corrected chi connectivity index (χ0v) is 15.8. The molecule has 0 aliphatic heterocycles. The first-order valence-electron chi connectivity index (χ1n) is 8.32. The van der Waals surface area contributed by atoms with Gasteiger partial charge in [-0.2, -0.15) is 4.90 Å². The van der Waals surface area contributed by atoms with E-state index in [2.05, 4.69) is 5.32 Å². The second kappa shape index (κ2) is 8.33. The van der Waals surface area contributed by atoms with E-state index in [-0.39, 0.29) is 11.4 Å². The Kier molecular flexibility index (Phi) is 6.12. The molecule has 1 N–H and O–H groups in total. The molecule has 0 unspecified atom stereocenters. The molecule has 0 aliphatic rings. The lowest BCUT2D eigenvalue weighted by Gasteiger charge is -2.26. The summed E-state index contributed by atoms with van der Waals surface area (Å²) in [5, 5.41) is 24.8. The largest absolute Gasteiger partial charge is 0.443 e. The Morgan fingerprint density at radius 2 is 1.45 bits per heavy atom. The Balaban J connectivity index is 2.51. The van der Waals surface area contributed by atoms with Gasteiger partial charge in [0.15, 0.2) is 0 Å². The number of para-hydroxylation sites is 4. The van der Waals surface area contributed by atoms with Crippen LogP contribution in [0, 0.1) is 20.2 Å². The van der Waals surface area contributed by atoms with Crippen molar-refractivity contribution in [2.45, 2.75) is 26.4 Å². The van der Waals surface area contributed by atoms with Crippen molar-refractivity contribution in [2.75, 3.05) is 10.2 Å². The Labute approximate surface area is 165 Å². The van der Waals surface area contributed by atoms with Gasteiger partial charge in [0.25, 0.3) is 11.4 Å². The zero-order chi connectivity index (χ0) is 21.8. The van der Waals surface area contributed by atoms with Crippen LogP contribution < -0.4 is 10.2 Å². The minimum Gasteiger partial charge on any atom is -0.443 e. The lowest BCUT2D eigenvalue weighted by molar-refractivity contribution is -0.384. The molecule has 0 atom stereocenters. The van der Waals surface area contributed by atoms with Crippen molar-refractivity contribution in [3.05, 3.63) is 68.8 Å². The molecular formula is C18H18N4O7. The quantitative estimate of drug-likeness (QED) is 0.586. The molecule has 11 nitrogen and oxygen atoms in total. The van der Waals surface area contributed by atoms with Crippen LogP contribution in [0.4, 0.5) is 32.3 Å². The number of hydrogen-bond donors (Lipinski definition) is 1. The van der Waals surface area contributed by atoms with Gasteiger partial charge in [0.05, 0.1) is 9.85 Å². The Hall–Kier alpha value is -4.02. The normalized spacial score (nSPS) is 10.7. The number of nitro benzene ring substituents is 2. The number of carbonyl (C=O) groups is 2. The Morgan fingerprint density at radius 3 is 2.00 bits per heavy atom. The lowest BCUT2D eigenvalue weighted by Crippen LogP contribution is -2.43. The molecule has 0 heterocycles. The SMILES string of the molecule is CC(C)(C)OC(=O)N(C(=O)Nc1ccccc1[N+](=O)[O-])c1ccccc1[N+](=O)[O-]. The van der Waals surface area contributed by atoms with Gasteiger partial charge in [-0.3, -0.25) is 20.2 Å². The third kappa shape index (κ3) is 5.25. The van der Waals surface area contributed by atoms with Crippen LogP contribution in [0.15, 0.2) is 48.5 Å². The molecule has 2 aromatic carbocycles. The number of anilines is 2. The number of urea groups is 1. The molecule has 0 bridgehead atoms. The van der Waals surface area contributed by atoms with Crippen LogP contribution in [0.25, 0.3) is 0 Å². The van der Waals surface area contributed by atoms with E-state index in [4.69, 9.17) is 4.74 Å². The van der Waals surface area contributed by atoms with Gasteiger partial charge < -0.3 is 10.1 Å². The molecule has 2 aromatic rings. The number of amides is 3. The highest BCUT2D eigenvalue weighted by molar-refractivity contribution is 6.18. The van der Waals surface area contributed by atoms with E-state index in [9.17, 15) is 29.8 Å². The van der Waals surface area contributed by atoms with E-state index in [1.165, 1.54) is 42.5 Å². The van der Waals surface area contributed by atoms with Gasteiger partial charge in [-0.05, 0) is 32.9 Å². The molecule has 0 saturated carbocycles. The fraction of sp³-hybridized carbons (Fsp3) is 0.222. The Morgan fingerprint density at radius 1 is 0.931 bits per heavy atom. The highest BCUT2D eigenvalue weighted by atomic mass is 16.6. The molecule has 0 radical (unpaired) electrons. The predicted molar refractivity (Wildman–Crippen MR) is 104 cm³/mol. The van der Waals surface area contributed by atoms with Crippen LogP contribution in [0.3, 0.4) is 0 Å². The van der Waals surface area contributed by atoms with Crippen molar-refractivity contribution in [3.63, 3.8) is 0 Å². The number of nitrogens with one attached hydrogen (secondary N) is 1. The fourth-order valence-corrected chi connectivity index (χ4v) is 2.32. The summed E-state index contributed by atoms with van der Waals surface area (Å²) in [6.45, 7) is 4.67. The second-order valence-corrected chi connectivity index (χ2v) is 6.77. The Bertz CT molecular complexity index is 969. The number of benzene rings is 2. The van der Waals surface area contributed by atoms with Gasteiger partial charge in [0.1, 0.15) is 17.0 Å². The molecule has 0 aliphatic carbocycles. The van der Waals surface area contributed by atoms with Crippen LogP contribution in [0.5, 0.6) is 0 Å². The standard InChI is InChI=1S/C18H18N4O7/c1-18(2,3)29-17(24)20(14-10-6-7-11-15(14)22(27)28)16(23)19-12-8-4-5-9-13(12)21(25)26/h4-11H,1-3H3,(H,19,23). The maximum Gasteiger partial charge on any atom is 0.423 e. The summed E-state index contributed by atoms with van der Waals surface area (Å²) in [5.74, 6) is 0. The van der Waals surface area contributed by atoms with Crippen molar-refractivity contribution in [1.29, 1.82) is 0 Å². The number of hydrogen-bond acceptors (Lipinski definition) is 7. The van der Waals surface area contributed by atoms with E-state index in [0.717, 1.165) is 6.07 Å². The summed E-state index contributed by atoms with van der Waals surface area (Å²) in [6, 6.07) is 9.22. The first-order chi connectivity index (χ1) is 13.5. The molecule has 0 spiro atoms. The summed E-state index contributed by atoms with van der Waals surface area (Å²) < 4.78 is 5.20. The number of nitro groups is 2. The van der Waals surface area contributed by atoms with Gasteiger partial charge in [0, 0.05) is 12.1 Å². The van der Waals surface area contributed by atoms with Crippen LogP contribution >= 0.6 is 0 Å². The minimum atomic E-state index is -1.18. The third-order valence-electron chi connectivity index (χ3n) is 3.44. The lowest BCUT2D eigenvalue weighted by atomic mass is 10.2. The maximum atomic E-state index is 12.9. The number of nitrogens with zero attached hydrogens (tertiary/aromatic N) is 3. The van der Waals surface area contributed by atoms with Crippen LogP contribution in [0.1, 0.15) is 20.8 Å². The minimum absolute atomic E-state index is 0.186. The first-order valence-corrected chi connectivity index (χ1v) is 8.32. The highest BCUT2D eigenvalue weighted by Crippen LogP contribution is 2.31. The van der Waals surface area contributed by atoms with Gasteiger partial charge in [-0.1, -0.05) is 24.3 Å². The summed E-state index contributed by atoms with van der Waals surface area (Å²) >= 11 is 0. The maximum absolute atomic E-state index is 12.9. The van der Waals surface area contributed by atoms with Crippen LogP contribution in [0.2, 0.25) is 0 Å². The van der Waals surface area contributed by atoms with Gasteiger partial charge in [-0.25, -0.2) is 9.59 Å². The van der Waals surface area contributed by atoms with Gasteiger partial charge >= 0.3 is 12.1 Å². The second-order valence-electron chi connectivity index (χ2n) is 6.77. The number of rotatable bonds is 4. The molecule has 2 rings (SSSR count). The van der Waals surface area contributed by atoms with Crippen molar-refractivity contribution < 1.29 is 24.2 Å². The molecule has 152 valence electrons. The molecule has 3 amide bonds. The number of imide groups is 1. The average Bonchev–Trinajstić information content (AvgIpc) is 2.60. The van der Waals surface area contributed by atoms with Crippen molar-refractivity contribution in [2.24, 2.45) is 0 Å². The smallest absolute Gasteiger partial charge is 0.423 e. The molecule has 0 fully saturated rings. The van der Waals surface area contributed by atoms with Crippen LogP contribution in [-0.2, 0) is 4.74 Å². The summed E-state index contributed by atoms with van der Waals surface area (Å²) in [6.07, 6.45) is -1.18. The fourth-order valence-electron chi connectivity index (χ4n) is 2.32. The predicted octanol–water partition coefficient (Wildman–Crippen LogP) is 4.48. The monoisotopic (exact) mass is 402 g/mol. The van der Waals surface area contributed by atoms with Crippen molar-refractivity contribution in [1.82, 2.24) is 0 Å². The van der Waals surface area contributed by atoms with Crippen LogP contribution in [-0.4, -0.2) is 27.6 Å². The van der Waals surface area contributed by atoms with E-state index in [1.807, 2.05) is 0 Å². The number of carbonyl (C=O) groups excluding carboxylic acids is 2. The van der Waals surface area contributed by atoms with Gasteiger partial charge in [0.2, 0.25) is 0 Å². The van der Waals surface area contributed by atoms with E-state index in [0.29, 0.717) is 4.90 Å². The zero-order valence-electron chi connectivity index (χ0n) is 15.8. The van der Waals surface area contributed by atoms with Crippen molar-refractivity contribution >= 4 is 34.9 Å². The first kappa shape index (κ1) is 21.3. The molecular weight excluding hydrogens is 384 g/mol. The van der Waals surface area contributed by atoms with E-state index < -0.39 is 38.9 Å².